The number of fused-ring (bicyclic) bond motifs is 1. The Balaban J connectivity index is 1.65. The van der Waals surface area contributed by atoms with Crippen molar-refractivity contribution in [1.82, 2.24) is 9.47 Å². The van der Waals surface area contributed by atoms with E-state index in [-0.39, 0.29) is 45.4 Å². The van der Waals surface area contributed by atoms with Gasteiger partial charge < -0.3 is 14.4 Å². The first kappa shape index (κ1) is 28.8. The van der Waals surface area contributed by atoms with E-state index >= 15 is 0 Å². The highest BCUT2D eigenvalue weighted by molar-refractivity contribution is 6.41. The number of hydrogen-bond acceptors (Lipinski definition) is 5. The van der Waals surface area contributed by atoms with Crippen LogP contribution in [0.2, 0.25) is 10.0 Å². The molecule has 1 aliphatic heterocycles. The van der Waals surface area contributed by atoms with Gasteiger partial charge in [-0.3, -0.25) is 19.0 Å². The van der Waals surface area contributed by atoms with Crippen LogP contribution in [0.5, 0.6) is 5.75 Å². The van der Waals surface area contributed by atoms with Crippen LogP contribution in [0.3, 0.4) is 0 Å². The van der Waals surface area contributed by atoms with Crippen molar-refractivity contribution in [3.8, 4) is 5.75 Å². The summed E-state index contributed by atoms with van der Waals surface area (Å²) in [6.45, 7) is 4.02. The maximum Gasteiger partial charge on any atom is 0.573 e. The highest BCUT2D eigenvalue weighted by Crippen LogP contribution is 2.35. The quantitative estimate of drug-likeness (QED) is 0.317. The molecule has 208 valence electrons. The second-order valence-electron chi connectivity index (χ2n) is 9.47. The minimum Gasteiger partial charge on any atom is -0.469 e. The first-order valence-corrected chi connectivity index (χ1v) is 12.8. The van der Waals surface area contributed by atoms with Crippen molar-refractivity contribution >= 4 is 51.9 Å². The summed E-state index contributed by atoms with van der Waals surface area (Å²) in [5.74, 6) is -1.60. The Hall–Kier alpha value is -3.24. The van der Waals surface area contributed by atoms with Gasteiger partial charge in [0.1, 0.15) is 5.75 Å². The molecule has 3 aromatic rings. The Morgan fingerprint density at radius 3 is 2.31 bits per heavy atom. The molecule has 2 heterocycles. The number of ether oxygens (including phenoxy) is 2. The third kappa shape index (κ3) is 6.01. The van der Waals surface area contributed by atoms with Gasteiger partial charge in [0.15, 0.2) is 0 Å². The molecule has 2 aromatic carbocycles. The lowest BCUT2D eigenvalue weighted by molar-refractivity contribution is -0.274. The lowest BCUT2D eigenvalue weighted by Gasteiger charge is -2.32. The summed E-state index contributed by atoms with van der Waals surface area (Å²) < 4.78 is 48.4. The molecule has 1 aliphatic rings. The molecular formula is C27H25Cl2F3N2O5. The fourth-order valence-corrected chi connectivity index (χ4v) is 5.52. The van der Waals surface area contributed by atoms with Gasteiger partial charge in [0.05, 0.1) is 33.8 Å². The number of aromatic nitrogens is 1. The predicted octanol–water partition coefficient (Wildman–Crippen LogP) is 6.57. The molecule has 4 rings (SSSR count). The molecule has 0 spiro atoms. The van der Waals surface area contributed by atoms with E-state index in [0.717, 1.165) is 0 Å². The number of carbonyl (C=O) groups is 3. The lowest BCUT2D eigenvalue weighted by Crippen LogP contribution is -2.39. The number of likely N-dealkylation sites (tertiary alicyclic amines) is 1. The number of halogens is 5. The van der Waals surface area contributed by atoms with E-state index in [1.165, 1.54) is 42.1 Å². The van der Waals surface area contributed by atoms with Crippen LogP contribution in [0.25, 0.3) is 10.9 Å². The van der Waals surface area contributed by atoms with Crippen LogP contribution in [0.15, 0.2) is 30.5 Å². The van der Waals surface area contributed by atoms with E-state index in [2.05, 4.69) is 4.74 Å². The molecule has 0 N–H and O–H groups in total. The summed E-state index contributed by atoms with van der Waals surface area (Å²) in [5, 5.41) is 0.285. The Bertz CT molecular complexity index is 1460. The molecule has 0 bridgehead atoms. The average Bonchev–Trinajstić information content (AvgIpc) is 3.19. The summed E-state index contributed by atoms with van der Waals surface area (Å²) in [4.78, 5) is 40.2. The summed E-state index contributed by atoms with van der Waals surface area (Å²) in [7, 11) is 1.33. The Morgan fingerprint density at radius 2 is 1.69 bits per heavy atom. The van der Waals surface area contributed by atoms with Crippen molar-refractivity contribution in [3.63, 3.8) is 0 Å². The van der Waals surface area contributed by atoms with Crippen LogP contribution in [0, 0.1) is 19.8 Å². The number of benzene rings is 2. The first-order chi connectivity index (χ1) is 18.3. The number of rotatable bonds is 5. The van der Waals surface area contributed by atoms with Gasteiger partial charge in [-0.15, -0.1) is 13.2 Å². The fraction of sp³-hybridized carbons (Fsp3) is 0.370. The molecule has 0 unspecified atom stereocenters. The maximum atomic E-state index is 13.7. The number of methoxy groups -OCH3 is 1. The summed E-state index contributed by atoms with van der Waals surface area (Å²) >= 11 is 13.0. The van der Waals surface area contributed by atoms with E-state index in [1.54, 1.807) is 18.7 Å². The normalized spacial score (nSPS) is 14.5. The van der Waals surface area contributed by atoms with Gasteiger partial charge in [0.25, 0.3) is 11.8 Å². The van der Waals surface area contributed by atoms with Crippen LogP contribution in [0.1, 0.15) is 51.1 Å². The van der Waals surface area contributed by atoms with Crippen molar-refractivity contribution in [2.24, 2.45) is 5.92 Å². The number of esters is 1. The van der Waals surface area contributed by atoms with E-state index in [0.29, 0.717) is 48.0 Å². The monoisotopic (exact) mass is 584 g/mol. The molecule has 1 saturated heterocycles. The fourth-order valence-electron chi connectivity index (χ4n) is 4.91. The van der Waals surface area contributed by atoms with Crippen LogP contribution in [-0.2, 0) is 9.53 Å². The third-order valence-electron chi connectivity index (χ3n) is 6.84. The van der Waals surface area contributed by atoms with Gasteiger partial charge >= 0.3 is 12.3 Å². The van der Waals surface area contributed by atoms with Gasteiger partial charge in [-0.2, -0.15) is 0 Å². The topological polar surface area (TPSA) is 77.8 Å². The number of piperidine rings is 1. The standard InChI is InChI=1S/C27H25Cl2F3N2O5/c1-14-10-17(39-27(30,31)32)12-19-15(2)13-34(24(14)19)26(37)22-20(28)5-4-18(23(22)29)25(36)33-8-6-16(7-9-33)11-21(35)38-3/h4-5,10,12-13,16H,6-9,11H2,1-3H3. The van der Waals surface area contributed by atoms with E-state index in [1.807, 2.05) is 0 Å². The van der Waals surface area contributed by atoms with Crippen LogP contribution in [0.4, 0.5) is 13.2 Å². The number of hydrogen-bond donors (Lipinski definition) is 0. The van der Waals surface area contributed by atoms with Gasteiger partial charge in [0, 0.05) is 31.1 Å². The largest absolute Gasteiger partial charge is 0.573 e. The number of alkyl halides is 3. The van der Waals surface area contributed by atoms with Crippen molar-refractivity contribution in [2.75, 3.05) is 20.2 Å². The SMILES string of the molecule is COC(=O)CC1CCN(C(=O)c2ccc(Cl)c(C(=O)n3cc(C)c4cc(OC(F)(F)F)cc(C)c43)c2Cl)CC1. The number of amides is 1. The maximum absolute atomic E-state index is 13.7. The van der Waals surface area contributed by atoms with Crippen molar-refractivity contribution in [2.45, 2.75) is 39.5 Å². The summed E-state index contributed by atoms with van der Waals surface area (Å²) in [6, 6.07) is 5.27. The van der Waals surface area contributed by atoms with Crippen molar-refractivity contribution < 1.29 is 37.0 Å². The van der Waals surface area contributed by atoms with Crippen LogP contribution >= 0.6 is 23.2 Å². The summed E-state index contributed by atoms with van der Waals surface area (Å²) in [5.41, 5.74) is 1.26. The molecule has 12 heteroatoms. The van der Waals surface area contributed by atoms with Gasteiger partial charge in [-0.05, 0) is 68.0 Å². The van der Waals surface area contributed by atoms with Crippen molar-refractivity contribution in [1.29, 1.82) is 0 Å². The van der Waals surface area contributed by atoms with Gasteiger partial charge in [0.2, 0.25) is 0 Å². The van der Waals surface area contributed by atoms with E-state index in [4.69, 9.17) is 27.9 Å². The number of nitrogens with zero attached hydrogens (tertiary/aromatic N) is 2. The molecule has 1 fully saturated rings. The molecule has 0 radical (unpaired) electrons. The number of aryl methyl sites for hydroxylation is 2. The Labute approximate surface area is 232 Å². The van der Waals surface area contributed by atoms with Gasteiger partial charge in [-0.1, -0.05) is 23.2 Å². The second kappa shape index (κ2) is 11.1. The highest BCUT2D eigenvalue weighted by atomic mass is 35.5. The van der Waals surface area contributed by atoms with Gasteiger partial charge in [-0.25, -0.2) is 0 Å². The second-order valence-corrected chi connectivity index (χ2v) is 10.3. The first-order valence-electron chi connectivity index (χ1n) is 12.1. The lowest BCUT2D eigenvalue weighted by atomic mass is 9.93. The zero-order chi connectivity index (χ0) is 28.6. The van der Waals surface area contributed by atoms with Crippen LogP contribution in [-0.4, -0.2) is 53.8 Å². The smallest absolute Gasteiger partial charge is 0.469 e. The van der Waals surface area contributed by atoms with E-state index < -0.39 is 18.0 Å². The molecule has 0 atom stereocenters. The highest BCUT2D eigenvalue weighted by Gasteiger charge is 2.32. The van der Waals surface area contributed by atoms with Crippen LogP contribution < -0.4 is 4.74 Å². The van der Waals surface area contributed by atoms with E-state index in [9.17, 15) is 27.6 Å². The Kier molecular flexibility index (Phi) is 8.18. The predicted molar refractivity (Wildman–Crippen MR) is 140 cm³/mol. The molecule has 1 aromatic heterocycles. The zero-order valence-electron chi connectivity index (χ0n) is 21.3. The molecule has 1 amide bonds. The third-order valence-corrected chi connectivity index (χ3v) is 7.54. The molecule has 39 heavy (non-hydrogen) atoms. The molecular weight excluding hydrogens is 560 g/mol. The molecule has 7 nitrogen and oxygen atoms in total. The molecule has 0 saturated carbocycles. The van der Waals surface area contributed by atoms with Crippen molar-refractivity contribution in [3.05, 3.63) is 62.8 Å². The average molecular weight is 585 g/mol. The zero-order valence-corrected chi connectivity index (χ0v) is 22.8. The summed E-state index contributed by atoms with van der Waals surface area (Å²) in [6.07, 6.45) is -1.87. The minimum atomic E-state index is -4.86. The Morgan fingerprint density at radius 1 is 1.03 bits per heavy atom. The molecule has 0 aliphatic carbocycles. The number of carbonyl (C=O) groups excluding carboxylic acids is 3. The minimum absolute atomic E-state index is 0.0208.